The molecule has 15 heavy (non-hydrogen) atoms. The Balaban J connectivity index is 1.97. The van der Waals surface area contributed by atoms with Gasteiger partial charge in [0.2, 0.25) is 0 Å². The molecule has 0 amide bonds. The van der Waals surface area contributed by atoms with Gasteiger partial charge < -0.3 is 15.2 Å². The Morgan fingerprint density at radius 2 is 2.27 bits per heavy atom. The first-order valence-electron chi connectivity index (χ1n) is 5.64. The minimum Gasteiger partial charge on any atom is -0.390 e. The number of ether oxygens (including phenoxy) is 1. The monoisotopic (exact) mass is 233 g/mol. The van der Waals surface area contributed by atoms with Crippen LogP contribution in [0.2, 0.25) is 0 Å². The molecule has 1 aliphatic heterocycles. The molecule has 0 radical (unpaired) electrons. The van der Waals surface area contributed by atoms with Gasteiger partial charge in [-0.25, -0.2) is 0 Å². The highest BCUT2D eigenvalue weighted by Crippen LogP contribution is 2.14. The zero-order chi connectivity index (χ0) is 11.3. The molecule has 4 heteroatoms. The van der Waals surface area contributed by atoms with Crippen LogP contribution >= 0.6 is 11.8 Å². The molecule has 1 fully saturated rings. The SMILES string of the molecule is CC1OCCC1NCCSCC(C)(C)O. The fourth-order valence-corrected chi connectivity index (χ4v) is 2.54. The van der Waals surface area contributed by atoms with E-state index in [-0.39, 0.29) is 0 Å². The van der Waals surface area contributed by atoms with E-state index in [1.54, 1.807) is 11.8 Å². The van der Waals surface area contributed by atoms with Gasteiger partial charge in [-0.15, -0.1) is 0 Å². The fraction of sp³-hybridized carbons (Fsp3) is 1.00. The quantitative estimate of drug-likeness (QED) is 0.678. The van der Waals surface area contributed by atoms with Crippen LogP contribution in [0.1, 0.15) is 27.2 Å². The van der Waals surface area contributed by atoms with Gasteiger partial charge in [-0.2, -0.15) is 11.8 Å². The van der Waals surface area contributed by atoms with Gasteiger partial charge in [0.25, 0.3) is 0 Å². The van der Waals surface area contributed by atoms with Crippen LogP contribution in [0.5, 0.6) is 0 Å². The van der Waals surface area contributed by atoms with Gasteiger partial charge in [0.15, 0.2) is 0 Å². The van der Waals surface area contributed by atoms with Crippen LogP contribution in [0, 0.1) is 0 Å². The molecule has 0 aromatic heterocycles. The van der Waals surface area contributed by atoms with Crippen LogP contribution in [-0.2, 0) is 4.74 Å². The summed E-state index contributed by atoms with van der Waals surface area (Å²) in [5, 5.41) is 13.0. The Kier molecular flexibility index (Phi) is 5.39. The summed E-state index contributed by atoms with van der Waals surface area (Å²) < 4.78 is 5.47. The first kappa shape index (κ1) is 13.3. The average Bonchev–Trinajstić information content (AvgIpc) is 2.49. The van der Waals surface area contributed by atoms with Crippen molar-refractivity contribution in [2.24, 2.45) is 0 Å². The average molecular weight is 233 g/mol. The zero-order valence-corrected chi connectivity index (χ0v) is 10.8. The molecule has 1 rings (SSSR count). The Morgan fingerprint density at radius 3 is 2.80 bits per heavy atom. The summed E-state index contributed by atoms with van der Waals surface area (Å²) in [6, 6.07) is 0.521. The van der Waals surface area contributed by atoms with E-state index in [2.05, 4.69) is 12.2 Å². The number of hydrogen-bond donors (Lipinski definition) is 2. The number of nitrogens with one attached hydrogen (secondary N) is 1. The number of thioether (sulfide) groups is 1. The first-order chi connectivity index (χ1) is 6.99. The Labute approximate surface area is 97.0 Å². The van der Waals surface area contributed by atoms with Gasteiger partial charge in [-0.3, -0.25) is 0 Å². The number of hydrogen-bond acceptors (Lipinski definition) is 4. The Morgan fingerprint density at radius 1 is 1.53 bits per heavy atom. The Hall–Kier alpha value is 0.230. The van der Waals surface area contributed by atoms with Crippen molar-refractivity contribution in [2.45, 2.75) is 44.9 Å². The summed E-state index contributed by atoms with van der Waals surface area (Å²) in [5.74, 6) is 1.85. The van der Waals surface area contributed by atoms with E-state index < -0.39 is 5.60 Å². The highest BCUT2D eigenvalue weighted by molar-refractivity contribution is 7.99. The highest BCUT2D eigenvalue weighted by atomic mass is 32.2. The third-order valence-corrected chi connectivity index (χ3v) is 3.89. The van der Waals surface area contributed by atoms with Gasteiger partial charge in [-0.1, -0.05) is 0 Å². The topological polar surface area (TPSA) is 41.5 Å². The highest BCUT2D eigenvalue weighted by Gasteiger charge is 2.23. The minimum atomic E-state index is -0.547. The third-order valence-electron chi connectivity index (χ3n) is 2.48. The lowest BCUT2D eigenvalue weighted by Gasteiger charge is -2.18. The van der Waals surface area contributed by atoms with E-state index in [0.717, 1.165) is 31.1 Å². The maximum absolute atomic E-state index is 9.51. The van der Waals surface area contributed by atoms with Crippen molar-refractivity contribution in [2.75, 3.05) is 24.7 Å². The third kappa shape index (κ3) is 5.76. The van der Waals surface area contributed by atoms with Crippen LogP contribution in [0.4, 0.5) is 0 Å². The summed E-state index contributed by atoms with van der Waals surface area (Å²) >= 11 is 1.79. The standard InChI is InChI=1S/C11H23NO2S/c1-9-10(4-6-14-9)12-5-7-15-8-11(2,3)13/h9-10,12-13H,4-8H2,1-3H3. The van der Waals surface area contributed by atoms with Crippen molar-refractivity contribution < 1.29 is 9.84 Å². The van der Waals surface area contributed by atoms with E-state index in [1.807, 2.05) is 13.8 Å². The van der Waals surface area contributed by atoms with E-state index in [1.165, 1.54) is 0 Å². The van der Waals surface area contributed by atoms with Gasteiger partial charge in [0, 0.05) is 30.7 Å². The second kappa shape index (κ2) is 6.09. The molecule has 0 aromatic carbocycles. The lowest BCUT2D eigenvalue weighted by molar-refractivity contribution is 0.107. The van der Waals surface area contributed by atoms with Crippen molar-refractivity contribution in [3.8, 4) is 0 Å². The van der Waals surface area contributed by atoms with Gasteiger partial charge >= 0.3 is 0 Å². The molecule has 1 heterocycles. The normalized spacial score (nSPS) is 27.2. The van der Waals surface area contributed by atoms with Crippen LogP contribution in [0.25, 0.3) is 0 Å². The summed E-state index contributed by atoms with van der Waals surface area (Å²) in [6.07, 6.45) is 1.47. The molecule has 0 aliphatic carbocycles. The van der Waals surface area contributed by atoms with Crippen molar-refractivity contribution in [3.63, 3.8) is 0 Å². The van der Waals surface area contributed by atoms with Crippen molar-refractivity contribution in [3.05, 3.63) is 0 Å². The summed E-state index contributed by atoms with van der Waals surface area (Å²) in [4.78, 5) is 0. The molecule has 2 atom stereocenters. The predicted octanol–water partition coefficient (Wildman–Crippen LogP) is 1.26. The van der Waals surface area contributed by atoms with E-state index in [9.17, 15) is 5.11 Å². The number of aliphatic hydroxyl groups is 1. The second-order valence-corrected chi connectivity index (χ2v) is 5.90. The van der Waals surface area contributed by atoms with Crippen molar-refractivity contribution in [1.82, 2.24) is 5.32 Å². The van der Waals surface area contributed by atoms with Crippen LogP contribution in [0.3, 0.4) is 0 Å². The molecule has 0 saturated carbocycles. The first-order valence-corrected chi connectivity index (χ1v) is 6.79. The molecule has 2 unspecified atom stereocenters. The van der Waals surface area contributed by atoms with E-state index in [0.29, 0.717) is 12.1 Å². The maximum atomic E-state index is 9.51. The maximum Gasteiger partial charge on any atom is 0.0700 e. The van der Waals surface area contributed by atoms with Gasteiger partial charge in [0.1, 0.15) is 0 Å². The van der Waals surface area contributed by atoms with Crippen LogP contribution < -0.4 is 5.32 Å². The second-order valence-electron chi connectivity index (χ2n) is 4.79. The summed E-state index contributed by atoms with van der Waals surface area (Å²) in [5.41, 5.74) is -0.547. The molecular weight excluding hydrogens is 210 g/mol. The smallest absolute Gasteiger partial charge is 0.0700 e. The molecule has 1 aliphatic rings. The lowest BCUT2D eigenvalue weighted by atomic mass is 10.2. The van der Waals surface area contributed by atoms with E-state index >= 15 is 0 Å². The molecule has 3 nitrogen and oxygen atoms in total. The summed E-state index contributed by atoms with van der Waals surface area (Å²) in [6.45, 7) is 7.70. The lowest BCUT2D eigenvalue weighted by Crippen LogP contribution is -2.36. The number of rotatable bonds is 6. The van der Waals surface area contributed by atoms with Crippen LogP contribution in [-0.4, -0.2) is 47.5 Å². The molecule has 0 spiro atoms. The predicted molar refractivity (Wildman–Crippen MR) is 65.4 cm³/mol. The Bertz CT molecular complexity index is 182. The van der Waals surface area contributed by atoms with Gasteiger partial charge in [0.05, 0.1) is 11.7 Å². The van der Waals surface area contributed by atoms with E-state index in [4.69, 9.17) is 4.74 Å². The van der Waals surface area contributed by atoms with Crippen molar-refractivity contribution in [1.29, 1.82) is 0 Å². The molecular formula is C11H23NO2S. The molecule has 1 saturated heterocycles. The molecule has 0 bridgehead atoms. The minimum absolute atomic E-state index is 0.351. The van der Waals surface area contributed by atoms with Crippen LogP contribution in [0.15, 0.2) is 0 Å². The summed E-state index contributed by atoms with van der Waals surface area (Å²) in [7, 11) is 0. The molecule has 90 valence electrons. The van der Waals surface area contributed by atoms with Gasteiger partial charge in [-0.05, 0) is 27.2 Å². The fourth-order valence-electron chi connectivity index (χ4n) is 1.64. The molecule has 2 N–H and O–H groups in total. The zero-order valence-electron chi connectivity index (χ0n) is 9.95. The van der Waals surface area contributed by atoms with Crippen molar-refractivity contribution >= 4 is 11.8 Å². The largest absolute Gasteiger partial charge is 0.390 e. The molecule has 0 aromatic rings.